The van der Waals surface area contributed by atoms with Crippen LogP contribution in [-0.4, -0.2) is 50.2 Å². The Morgan fingerprint density at radius 3 is 2.55 bits per heavy atom. The van der Waals surface area contributed by atoms with Gasteiger partial charge in [0.2, 0.25) is 10.0 Å². The van der Waals surface area contributed by atoms with Crippen LogP contribution in [0, 0.1) is 0 Å². The first kappa shape index (κ1) is 29.7. The number of amides is 1. The average Bonchev–Trinajstić information content (AvgIpc) is 3.60. The van der Waals surface area contributed by atoms with E-state index in [1.807, 2.05) is 67.1 Å². The molecule has 42 heavy (non-hydrogen) atoms. The van der Waals surface area contributed by atoms with Gasteiger partial charge in [-0.15, -0.1) is 0 Å². The average molecular weight is 598 g/mol. The van der Waals surface area contributed by atoms with Gasteiger partial charge in [-0.25, -0.2) is 13.2 Å². The molecule has 0 aliphatic carbocycles. The Bertz CT molecular complexity index is 1550. The predicted molar refractivity (Wildman–Crippen MR) is 161 cm³/mol. The van der Waals surface area contributed by atoms with E-state index >= 15 is 0 Å². The Balaban J connectivity index is 1.33. The lowest BCUT2D eigenvalue weighted by atomic mass is 10.1. The van der Waals surface area contributed by atoms with Gasteiger partial charge >= 0.3 is 6.09 Å². The second-order valence-electron chi connectivity index (χ2n) is 12.0. The molecule has 5 rings (SSSR count). The van der Waals surface area contributed by atoms with Crippen LogP contribution in [-0.2, 0) is 37.3 Å². The molecule has 0 radical (unpaired) electrons. The van der Waals surface area contributed by atoms with Crippen LogP contribution < -0.4 is 19.7 Å². The third-order valence-corrected chi connectivity index (χ3v) is 8.80. The molecule has 2 atom stereocenters. The van der Waals surface area contributed by atoms with E-state index in [0.29, 0.717) is 24.5 Å². The van der Waals surface area contributed by atoms with Gasteiger partial charge in [0.1, 0.15) is 18.0 Å². The number of carbonyl (C=O) groups is 1. The lowest BCUT2D eigenvalue weighted by molar-refractivity contribution is 0.0657. The SMILES string of the molecule is COc1ccc(CN2c3ccc(Nc4cc([C@@H]5C[C@H](OC(=O)NC(C)C)CO5)n(C(C)(C)C)n4)cc3CS2(=O)=O)cc1. The topological polar surface area (TPSA) is 124 Å². The summed E-state index contributed by atoms with van der Waals surface area (Å²) in [4.78, 5) is 12.1. The van der Waals surface area contributed by atoms with Gasteiger partial charge in [0, 0.05) is 24.2 Å². The van der Waals surface area contributed by atoms with Gasteiger partial charge in [-0.2, -0.15) is 5.10 Å². The molecule has 12 heteroatoms. The standard InChI is InChI=1S/C30H39N5O6S/c1-19(2)31-29(36)41-24-14-27(40-17-24)26-15-28(33-35(26)30(3,4)5)32-22-9-12-25-21(13-22)18-42(37,38)34(25)16-20-7-10-23(39-6)11-8-20/h7-13,15,19,24,27H,14,16-18H2,1-6H3,(H,31,36)(H,32,33)/t24-,27-/m0/s1. The molecule has 1 amide bonds. The third kappa shape index (κ3) is 6.49. The smallest absolute Gasteiger partial charge is 0.407 e. The van der Waals surface area contributed by atoms with Crippen molar-refractivity contribution in [3.05, 3.63) is 65.4 Å². The molecular formula is C30H39N5O6S. The zero-order valence-electron chi connectivity index (χ0n) is 24.9. The minimum atomic E-state index is -3.51. The van der Waals surface area contributed by atoms with Crippen molar-refractivity contribution in [2.24, 2.45) is 0 Å². The number of ether oxygens (including phenoxy) is 3. The Labute approximate surface area is 247 Å². The highest BCUT2D eigenvalue weighted by molar-refractivity contribution is 7.92. The maximum absolute atomic E-state index is 13.1. The lowest BCUT2D eigenvalue weighted by Crippen LogP contribution is -2.33. The monoisotopic (exact) mass is 597 g/mol. The quantitative estimate of drug-likeness (QED) is 0.363. The fourth-order valence-corrected chi connectivity index (χ4v) is 6.81. The second kappa shape index (κ2) is 11.5. The zero-order valence-corrected chi connectivity index (χ0v) is 25.7. The molecule has 2 aliphatic heterocycles. The highest BCUT2D eigenvalue weighted by Gasteiger charge is 2.35. The molecule has 0 unspecified atom stereocenters. The number of rotatable bonds is 8. The fourth-order valence-electron chi connectivity index (χ4n) is 5.21. The zero-order chi connectivity index (χ0) is 30.2. The van der Waals surface area contributed by atoms with Crippen LogP contribution in [0.3, 0.4) is 0 Å². The Kier molecular flexibility index (Phi) is 8.13. The first-order chi connectivity index (χ1) is 19.8. The molecule has 2 aromatic carbocycles. The van der Waals surface area contributed by atoms with Crippen LogP contribution >= 0.6 is 0 Å². The van der Waals surface area contributed by atoms with Gasteiger partial charge in [-0.1, -0.05) is 12.1 Å². The van der Waals surface area contributed by atoms with Crippen molar-refractivity contribution in [2.45, 2.75) is 77.1 Å². The Hall–Kier alpha value is -3.77. The number of anilines is 3. The summed E-state index contributed by atoms with van der Waals surface area (Å²) in [6.45, 7) is 10.5. The molecule has 3 heterocycles. The Morgan fingerprint density at radius 2 is 1.88 bits per heavy atom. The number of hydrogen-bond acceptors (Lipinski definition) is 8. The van der Waals surface area contributed by atoms with Gasteiger partial charge in [-0.3, -0.25) is 8.99 Å². The number of benzene rings is 2. The van der Waals surface area contributed by atoms with Crippen LogP contribution in [0.15, 0.2) is 48.5 Å². The highest BCUT2D eigenvalue weighted by atomic mass is 32.2. The fraction of sp³-hybridized carbons (Fsp3) is 0.467. The van der Waals surface area contributed by atoms with Crippen molar-refractivity contribution in [3.63, 3.8) is 0 Å². The van der Waals surface area contributed by atoms with E-state index in [2.05, 4.69) is 31.4 Å². The number of nitrogens with one attached hydrogen (secondary N) is 2. The summed E-state index contributed by atoms with van der Waals surface area (Å²) in [6.07, 6.45) is -0.575. The molecule has 0 spiro atoms. The summed E-state index contributed by atoms with van der Waals surface area (Å²) in [5.74, 6) is 1.26. The highest BCUT2D eigenvalue weighted by Crippen LogP contribution is 2.38. The number of carbonyl (C=O) groups excluding carboxylic acids is 1. The maximum Gasteiger partial charge on any atom is 0.407 e. The summed E-state index contributed by atoms with van der Waals surface area (Å²) >= 11 is 0. The van der Waals surface area contributed by atoms with Gasteiger partial charge < -0.3 is 24.8 Å². The van der Waals surface area contributed by atoms with Gasteiger partial charge in [0.05, 0.1) is 42.9 Å². The molecule has 11 nitrogen and oxygen atoms in total. The van der Waals surface area contributed by atoms with Crippen LogP contribution in [0.1, 0.15) is 64.0 Å². The summed E-state index contributed by atoms with van der Waals surface area (Å²) in [5.41, 5.74) is 3.54. The molecule has 1 fully saturated rings. The molecule has 1 aromatic heterocycles. The van der Waals surface area contributed by atoms with Crippen LogP contribution in [0.5, 0.6) is 5.75 Å². The molecule has 2 N–H and O–H groups in total. The third-order valence-electron chi connectivity index (χ3n) is 7.12. The normalized spacial score (nSPS) is 19.5. The molecule has 2 aliphatic rings. The van der Waals surface area contributed by atoms with Crippen LogP contribution in [0.4, 0.5) is 22.0 Å². The second-order valence-corrected chi connectivity index (χ2v) is 13.9. The molecule has 0 bridgehead atoms. The largest absolute Gasteiger partial charge is 0.497 e. The van der Waals surface area contributed by atoms with Crippen molar-refractivity contribution >= 4 is 33.3 Å². The van der Waals surface area contributed by atoms with Gasteiger partial charge in [0.15, 0.2) is 5.82 Å². The van der Waals surface area contributed by atoms with Crippen molar-refractivity contribution in [1.29, 1.82) is 0 Å². The number of sulfonamides is 1. The number of alkyl carbamates (subject to hydrolysis) is 1. The van der Waals surface area contributed by atoms with Gasteiger partial charge in [-0.05, 0) is 76.1 Å². The van der Waals surface area contributed by atoms with E-state index in [0.717, 1.165) is 28.3 Å². The maximum atomic E-state index is 13.1. The van der Waals surface area contributed by atoms with Crippen molar-refractivity contribution in [2.75, 3.05) is 23.3 Å². The van der Waals surface area contributed by atoms with Crippen molar-refractivity contribution in [3.8, 4) is 5.75 Å². The number of aromatic nitrogens is 2. The molecular weight excluding hydrogens is 558 g/mol. The van der Waals surface area contributed by atoms with Crippen LogP contribution in [0.25, 0.3) is 0 Å². The van der Waals surface area contributed by atoms with E-state index in [4.69, 9.17) is 19.3 Å². The summed E-state index contributed by atoms with van der Waals surface area (Å²) in [6, 6.07) is 14.9. The minimum absolute atomic E-state index is 0.0116. The summed E-state index contributed by atoms with van der Waals surface area (Å²) in [7, 11) is -1.91. The first-order valence-corrected chi connectivity index (χ1v) is 15.7. The van der Waals surface area contributed by atoms with E-state index in [1.54, 1.807) is 7.11 Å². The lowest BCUT2D eigenvalue weighted by Gasteiger charge is -2.24. The number of hydrogen-bond donors (Lipinski definition) is 2. The van der Waals surface area contributed by atoms with E-state index in [9.17, 15) is 13.2 Å². The van der Waals surface area contributed by atoms with E-state index in [-0.39, 0.29) is 36.1 Å². The number of methoxy groups -OCH3 is 1. The predicted octanol–water partition coefficient (Wildman–Crippen LogP) is 5.20. The number of nitrogens with zero attached hydrogens (tertiary/aromatic N) is 3. The van der Waals surface area contributed by atoms with Crippen molar-refractivity contribution in [1.82, 2.24) is 15.1 Å². The molecule has 0 saturated carbocycles. The van der Waals surface area contributed by atoms with E-state index in [1.165, 1.54) is 4.31 Å². The number of fused-ring (bicyclic) bond motifs is 1. The van der Waals surface area contributed by atoms with E-state index < -0.39 is 16.1 Å². The van der Waals surface area contributed by atoms with Gasteiger partial charge in [0.25, 0.3) is 0 Å². The van der Waals surface area contributed by atoms with Crippen molar-refractivity contribution < 1.29 is 27.4 Å². The summed E-state index contributed by atoms with van der Waals surface area (Å²) in [5, 5.41) is 10.9. The van der Waals surface area contributed by atoms with Crippen LogP contribution in [0.2, 0.25) is 0 Å². The Morgan fingerprint density at radius 1 is 1.14 bits per heavy atom. The first-order valence-electron chi connectivity index (χ1n) is 14.0. The molecule has 3 aromatic rings. The summed E-state index contributed by atoms with van der Waals surface area (Å²) < 4.78 is 46.3. The molecule has 226 valence electrons. The minimum Gasteiger partial charge on any atom is -0.497 e. The molecule has 1 saturated heterocycles.